The standard InChI is InChI=1S/C25H31N5O3/c1-2-5-22(25(31)32)23(24-26-28-29-27-24)16-18-8-10-19(11-9-18)21-7-4-3-6-20(21)17-30-12-14-33-15-13-30/h3-4,6-11,22-23H,2,5,12-17H2,1H3,(H,31,32)(H,26,27,28,29)/t22-,23-/m0/s1. The summed E-state index contributed by atoms with van der Waals surface area (Å²) in [5, 5.41) is 24.1. The molecule has 33 heavy (non-hydrogen) atoms. The van der Waals surface area contributed by atoms with Gasteiger partial charge in [0.2, 0.25) is 0 Å². The molecule has 0 spiro atoms. The predicted octanol–water partition coefficient (Wildman–Crippen LogP) is 3.53. The van der Waals surface area contributed by atoms with Gasteiger partial charge in [-0.25, -0.2) is 0 Å². The molecule has 2 atom stereocenters. The van der Waals surface area contributed by atoms with Gasteiger partial charge in [0.25, 0.3) is 0 Å². The van der Waals surface area contributed by atoms with Gasteiger partial charge >= 0.3 is 5.97 Å². The van der Waals surface area contributed by atoms with E-state index in [-0.39, 0.29) is 5.92 Å². The molecule has 2 aromatic carbocycles. The summed E-state index contributed by atoms with van der Waals surface area (Å²) in [6.45, 7) is 6.37. The van der Waals surface area contributed by atoms with Crippen LogP contribution >= 0.6 is 0 Å². The van der Waals surface area contributed by atoms with Gasteiger partial charge < -0.3 is 9.84 Å². The molecule has 8 heteroatoms. The smallest absolute Gasteiger partial charge is 0.307 e. The van der Waals surface area contributed by atoms with Crippen molar-refractivity contribution in [3.05, 3.63) is 65.5 Å². The number of nitrogens with one attached hydrogen (secondary N) is 1. The van der Waals surface area contributed by atoms with Crippen molar-refractivity contribution in [2.75, 3.05) is 26.3 Å². The molecule has 3 aromatic rings. The zero-order valence-corrected chi connectivity index (χ0v) is 19.0. The molecule has 0 amide bonds. The number of aromatic nitrogens is 4. The summed E-state index contributed by atoms with van der Waals surface area (Å²) in [7, 11) is 0. The molecule has 2 heterocycles. The molecule has 0 aliphatic carbocycles. The molecule has 0 unspecified atom stereocenters. The van der Waals surface area contributed by atoms with Gasteiger partial charge in [0.15, 0.2) is 5.82 Å². The minimum absolute atomic E-state index is 0.333. The van der Waals surface area contributed by atoms with Crippen LogP contribution < -0.4 is 0 Å². The van der Waals surface area contributed by atoms with Crippen LogP contribution in [0.3, 0.4) is 0 Å². The first kappa shape index (κ1) is 23.1. The van der Waals surface area contributed by atoms with Crippen LogP contribution in [0.4, 0.5) is 0 Å². The van der Waals surface area contributed by atoms with Crippen LogP contribution in [0.1, 0.15) is 42.6 Å². The van der Waals surface area contributed by atoms with Crippen LogP contribution in [0.2, 0.25) is 0 Å². The van der Waals surface area contributed by atoms with Crippen molar-refractivity contribution in [2.24, 2.45) is 5.92 Å². The van der Waals surface area contributed by atoms with Crippen LogP contribution in [0.5, 0.6) is 0 Å². The third-order valence-electron chi connectivity index (χ3n) is 6.33. The van der Waals surface area contributed by atoms with Crippen molar-refractivity contribution in [1.82, 2.24) is 25.5 Å². The van der Waals surface area contributed by atoms with Gasteiger partial charge in [0.05, 0.1) is 19.1 Å². The number of benzene rings is 2. The number of carbonyl (C=O) groups is 1. The highest BCUT2D eigenvalue weighted by molar-refractivity contribution is 5.71. The van der Waals surface area contributed by atoms with Gasteiger partial charge in [-0.2, -0.15) is 5.21 Å². The summed E-state index contributed by atoms with van der Waals surface area (Å²) in [5.74, 6) is -1.25. The van der Waals surface area contributed by atoms with E-state index in [0.29, 0.717) is 18.7 Å². The number of tetrazole rings is 1. The maximum absolute atomic E-state index is 12.0. The third kappa shape index (κ3) is 5.83. The second-order valence-corrected chi connectivity index (χ2v) is 8.56. The van der Waals surface area contributed by atoms with Crippen LogP contribution in [0, 0.1) is 5.92 Å². The second-order valence-electron chi connectivity index (χ2n) is 8.56. The average molecular weight is 450 g/mol. The lowest BCUT2D eigenvalue weighted by molar-refractivity contribution is -0.142. The minimum Gasteiger partial charge on any atom is -0.481 e. The Morgan fingerprint density at radius 1 is 1.15 bits per heavy atom. The maximum Gasteiger partial charge on any atom is 0.307 e. The van der Waals surface area contributed by atoms with Gasteiger partial charge in [-0.05, 0) is 35.1 Å². The van der Waals surface area contributed by atoms with Crippen LogP contribution in [-0.2, 0) is 22.5 Å². The fourth-order valence-electron chi connectivity index (χ4n) is 4.56. The first-order chi connectivity index (χ1) is 16.2. The molecule has 2 N–H and O–H groups in total. The number of carboxylic acid groups (broad SMARTS) is 1. The van der Waals surface area contributed by atoms with Gasteiger partial charge in [0, 0.05) is 25.6 Å². The zero-order valence-electron chi connectivity index (χ0n) is 19.0. The number of aromatic amines is 1. The predicted molar refractivity (Wildman–Crippen MR) is 125 cm³/mol. The Morgan fingerprint density at radius 2 is 1.91 bits per heavy atom. The van der Waals surface area contributed by atoms with Crippen LogP contribution in [0.25, 0.3) is 11.1 Å². The minimum atomic E-state index is -0.819. The monoisotopic (exact) mass is 449 g/mol. The summed E-state index contributed by atoms with van der Waals surface area (Å²) in [4.78, 5) is 14.4. The van der Waals surface area contributed by atoms with Gasteiger partial charge in [-0.1, -0.05) is 67.1 Å². The molecule has 1 aromatic heterocycles. The first-order valence-electron chi connectivity index (χ1n) is 11.6. The van der Waals surface area contributed by atoms with E-state index >= 15 is 0 Å². The Balaban J connectivity index is 1.54. The van der Waals surface area contributed by atoms with Crippen molar-refractivity contribution in [2.45, 2.75) is 38.6 Å². The quantitative estimate of drug-likeness (QED) is 0.488. The number of H-pyrrole nitrogens is 1. The average Bonchev–Trinajstić information content (AvgIpc) is 3.37. The van der Waals surface area contributed by atoms with Gasteiger partial charge in [-0.15, -0.1) is 10.2 Å². The van der Waals surface area contributed by atoms with E-state index < -0.39 is 11.9 Å². The number of morpholine rings is 1. The second kappa shape index (κ2) is 11.2. The number of hydrogen-bond donors (Lipinski definition) is 2. The summed E-state index contributed by atoms with van der Waals surface area (Å²) in [6, 6.07) is 16.9. The van der Waals surface area contributed by atoms with E-state index in [2.05, 4.69) is 74.1 Å². The summed E-state index contributed by atoms with van der Waals surface area (Å²) in [6.07, 6.45) is 1.90. The Hall–Kier alpha value is -3.10. The van der Waals surface area contributed by atoms with E-state index in [9.17, 15) is 9.90 Å². The Kier molecular flexibility index (Phi) is 7.80. The number of rotatable bonds is 10. The number of aliphatic carboxylic acids is 1. The lowest BCUT2D eigenvalue weighted by Gasteiger charge is -2.27. The molecule has 0 saturated carbocycles. The molecule has 1 saturated heterocycles. The highest BCUT2D eigenvalue weighted by atomic mass is 16.5. The molecule has 8 nitrogen and oxygen atoms in total. The van der Waals surface area contributed by atoms with E-state index in [0.717, 1.165) is 50.4 Å². The molecule has 1 aliphatic heterocycles. The Labute approximate surface area is 194 Å². The number of carboxylic acids is 1. The summed E-state index contributed by atoms with van der Waals surface area (Å²) < 4.78 is 5.48. The van der Waals surface area contributed by atoms with Crippen molar-refractivity contribution < 1.29 is 14.6 Å². The van der Waals surface area contributed by atoms with Crippen molar-refractivity contribution >= 4 is 5.97 Å². The summed E-state index contributed by atoms with van der Waals surface area (Å²) >= 11 is 0. The van der Waals surface area contributed by atoms with E-state index in [1.165, 1.54) is 11.1 Å². The number of hydrogen-bond acceptors (Lipinski definition) is 6. The van der Waals surface area contributed by atoms with Gasteiger partial charge in [0.1, 0.15) is 0 Å². The lowest BCUT2D eigenvalue weighted by Crippen LogP contribution is -2.35. The fourth-order valence-corrected chi connectivity index (χ4v) is 4.56. The Bertz CT molecular complexity index is 1020. The largest absolute Gasteiger partial charge is 0.481 e. The topological polar surface area (TPSA) is 104 Å². The number of nitrogens with zero attached hydrogens (tertiary/aromatic N) is 4. The van der Waals surface area contributed by atoms with Gasteiger partial charge in [-0.3, -0.25) is 9.69 Å². The molecule has 0 radical (unpaired) electrons. The SMILES string of the molecule is CCC[C@H](C(=O)O)[C@H](Cc1ccc(-c2ccccc2CN2CCOCC2)cc1)c1nn[nH]n1. The molecule has 174 valence electrons. The molecule has 1 aliphatic rings. The molecule has 0 bridgehead atoms. The highest BCUT2D eigenvalue weighted by Gasteiger charge is 2.32. The maximum atomic E-state index is 12.0. The lowest BCUT2D eigenvalue weighted by atomic mass is 9.83. The highest BCUT2D eigenvalue weighted by Crippen LogP contribution is 2.31. The Morgan fingerprint density at radius 3 is 2.58 bits per heavy atom. The molecule has 1 fully saturated rings. The van der Waals surface area contributed by atoms with Crippen molar-refractivity contribution in [3.8, 4) is 11.1 Å². The molecule has 4 rings (SSSR count). The first-order valence-corrected chi connectivity index (χ1v) is 11.6. The fraction of sp³-hybridized carbons (Fsp3) is 0.440. The summed E-state index contributed by atoms with van der Waals surface area (Å²) in [5.41, 5.74) is 4.73. The van der Waals surface area contributed by atoms with E-state index in [4.69, 9.17) is 4.74 Å². The molecular formula is C25H31N5O3. The van der Waals surface area contributed by atoms with Crippen molar-refractivity contribution in [1.29, 1.82) is 0 Å². The number of ether oxygens (including phenoxy) is 1. The zero-order chi connectivity index (χ0) is 23.0. The van der Waals surface area contributed by atoms with E-state index in [1.807, 2.05) is 6.92 Å². The molecular weight excluding hydrogens is 418 g/mol. The van der Waals surface area contributed by atoms with Crippen molar-refractivity contribution in [3.63, 3.8) is 0 Å². The third-order valence-corrected chi connectivity index (χ3v) is 6.33. The van der Waals surface area contributed by atoms with E-state index in [1.54, 1.807) is 0 Å². The van der Waals surface area contributed by atoms with Crippen LogP contribution in [0.15, 0.2) is 48.5 Å². The normalized spacial score (nSPS) is 16.4. The van der Waals surface area contributed by atoms with Crippen LogP contribution in [-0.4, -0.2) is 62.9 Å².